The standard InChI is InChI=1S/C13H19N7O/c1-10-8-11(20-13(17-10)15-9-16-20)18-4-6-19(7-5-18)12(21)2-3-14/h8-9H,2-7,14H2,1H3. The number of rotatable bonds is 3. The second-order valence-electron chi connectivity index (χ2n) is 5.13. The van der Waals surface area contributed by atoms with Gasteiger partial charge < -0.3 is 15.5 Å². The Morgan fingerprint density at radius 2 is 2.10 bits per heavy atom. The lowest BCUT2D eigenvalue weighted by Gasteiger charge is -2.36. The minimum atomic E-state index is 0.133. The largest absolute Gasteiger partial charge is 0.353 e. The van der Waals surface area contributed by atoms with Crippen LogP contribution < -0.4 is 10.6 Å². The molecule has 1 saturated heterocycles. The van der Waals surface area contributed by atoms with Gasteiger partial charge in [-0.25, -0.2) is 4.98 Å². The molecule has 1 aliphatic heterocycles. The monoisotopic (exact) mass is 289 g/mol. The summed E-state index contributed by atoms with van der Waals surface area (Å²) in [4.78, 5) is 24.4. The lowest BCUT2D eigenvalue weighted by Crippen LogP contribution is -2.49. The first-order valence-electron chi connectivity index (χ1n) is 7.09. The third-order valence-electron chi connectivity index (χ3n) is 3.68. The third-order valence-corrected chi connectivity index (χ3v) is 3.68. The highest BCUT2D eigenvalue weighted by Crippen LogP contribution is 2.18. The number of nitrogens with two attached hydrogens (primary N) is 1. The first kappa shape index (κ1) is 13.7. The van der Waals surface area contributed by atoms with Gasteiger partial charge in [0.25, 0.3) is 5.78 Å². The second-order valence-corrected chi connectivity index (χ2v) is 5.13. The van der Waals surface area contributed by atoms with Crippen LogP contribution in [0.15, 0.2) is 12.4 Å². The van der Waals surface area contributed by atoms with E-state index in [1.165, 1.54) is 6.33 Å². The van der Waals surface area contributed by atoms with Crippen LogP contribution in [0.2, 0.25) is 0 Å². The van der Waals surface area contributed by atoms with Crippen LogP contribution in [0.4, 0.5) is 5.82 Å². The SMILES string of the molecule is Cc1cc(N2CCN(C(=O)CCN)CC2)n2ncnc2n1. The van der Waals surface area contributed by atoms with E-state index in [2.05, 4.69) is 20.0 Å². The van der Waals surface area contributed by atoms with Crippen LogP contribution in [0.25, 0.3) is 5.78 Å². The first-order valence-corrected chi connectivity index (χ1v) is 7.09. The smallest absolute Gasteiger partial charge is 0.254 e. The molecule has 3 heterocycles. The van der Waals surface area contributed by atoms with Crippen molar-refractivity contribution in [2.75, 3.05) is 37.6 Å². The number of fused-ring (bicyclic) bond motifs is 1. The van der Waals surface area contributed by atoms with E-state index in [0.717, 1.165) is 24.6 Å². The Kier molecular flexibility index (Phi) is 3.70. The molecule has 0 aromatic carbocycles. The summed E-state index contributed by atoms with van der Waals surface area (Å²) in [5, 5.41) is 4.22. The molecule has 21 heavy (non-hydrogen) atoms. The molecular weight excluding hydrogens is 270 g/mol. The van der Waals surface area contributed by atoms with Crippen LogP contribution in [0.3, 0.4) is 0 Å². The molecule has 0 saturated carbocycles. The number of aryl methyl sites for hydroxylation is 1. The molecule has 8 nitrogen and oxygen atoms in total. The van der Waals surface area contributed by atoms with Gasteiger partial charge >= 0.3 is 0 Å². The summed E-state index contributed by atoms with van der Waals surface area (Å²) in [5.74, 6) is 1.71. The summed E-state index contributed by atoms with van der Waals surface area (Å²) < 4.78 is 1.74. The quantitative estimate of drug-likeness (QED) is 0.813. The van der Waals surface area contributed by atoms with Crippen molar-refractivity contribution in [3.63, 3.8) is 0 Å². The summed E-state index contributed by atoms with van der Waals surface area (Å²) in [6.45, 7) is 5.30. The molecule has 2 aromatic heterocycles. The lowest BCUT2D eigenvalue weighted by atomic mass is 10.2. The molecule has 2 N–H and O–H groups in total. The summed E-state index contributed by atoms with van der Waals surface area (Å²) in [6, 6.07) is 2.00. The number of aromatic nitrogens is 4. The maximum absolute atomic E-state index is 11.9. The maximum atomic E-state index is 11.9. The number of piperazine rings is 1. The lowest BCUT2D eigenvalue weighted by molar-refractivity contribution is -0.131. The number of carbonyl (C=O) groups excluding carboxylic acids is 1. The Morgan fingerprint density at radius 3 is 2.81 bits per heavy atom. The average molecular weight is 289 g/mol. The fourth-order valence-corrected chi connectivity index (χ4v) is 2.60. The molecule has 0 bridgehead atoms. The van der Waals surface area contributed by atoms with E-state index in [1.54, 1.807) is 4.52 Å². The molecule has 1 fully saturated rings. The van der Waals surface area contributed by atoms with Gasteiger partial charge in [0.1, 0.15) is 12.1 Å². The minimum absolute atomic E-state index is 0.133. The maximum Gasteiger partial charge on any atom is 0.254 e. The van der Waals surface area contributed by atoms with E-state index < -0.39 is 0 Å². The Morgan fingerprint density at radius 1 is 1.33 bits per heavy atom. The van der Waals surface area contributed by atoms with Gasteiger partial charge in [0.15, 0.2) is 0 Å². The predicted molar refractivity (Wildman–Crippen MR) is 78.0 cm³/mol. The zero-order chi connectivity index (χ0) is 14.8. The molecule has 3 rings (SSSR count). The number of nitrogens with zero attached hydrogens (tertiary/aromatic N) is 6. The molecule has 0 atom stereocenters. The van der Waals surface area contributed by atoms with Crippen molar-refractivity contribution in [2.24, 2.45) is 5.73 Å². The van der Waals surface area contributed by atoms with E-state index in [9.17, 15) is 4.79 Å². The van der Waals surface area contributed by atoms with E-state index >= 15 is 0 Å². The fourth-order valence-electron chi connectivity index (χ4n) is 2.60. The van der Waals surface area contributed by atoms with Crippen LogP contribution >= 0.6 is 0 Å². The van der Waals surface area contributed by atoms with Gasteiger partial charge in [-0.3, -0.25) is 4.79 Å². The van der Waals surface area contributed by atoms with Crippen molar-refractivity contribution < 1.29 is 4.79 Å². The highest BCUT2D eigenvalue weighted by Gasteiger charge is 2.22. The van der Waals surface area contributed by atoms with E-state index in [1.807, 2.05) is 17.9 Å². The average Bonchev–Trinajstić information content (AvgIpc) is 2.95. The molecule has 112 valence electrons. The van der Waals surface area contributed by atoms with Crippen molar-refractivity contribution in [2.45, 2.75) is 13.3 Å². The number of hydrogen-bond acceptors (Lipinski definition) is 6. The topological polar surface area (TPSA) is 92.7 Å². The number of amides is 1. The number of carbonyl (C=O) groups is 1. The molecule has 8 heteroatoms. The van der Waals surface area contributed by atoms with Crippen LogP contribution in [0.5, 0.6) is 0 Å². The van der Waals surface area contributed by atoms with Crippen LogP contribution in [0, 0.1) is 6.92 Å². The van der Waals surface area contributed by atoms with Gasteiger partial charge in [0.05, 0.1) is 0 Å². The molecule has 0 radical (unpaired) electrons. The Labute approximate surface area is 122 Å². The van der Waals surface area contributed by atoms with E-state index in [-0.39, 0.29) is 5.91 Å². The first-order chi connectivity index (χ1) is 10.2. The number of anilines is 1. The summed E-state index contributed by atoms with van der Waals surface area (Å²) in [5.41, 5.74) is 6.35. The van der Waals surface area contributed by atoms with Crippen molar-refractivity contribution in [3.8, 4) is 0 Å². The third kappa shape index (κ3) is 2.66. The molecule has 1 aliphatic rings. The van der Waals surface area contributed by atoms with E-state index in [0.29, 0.717) is 31.8 Å². The second kappa shape index (κ2) is 5.65. The number of hydrogen-bond donors (Lipinski definition) is 1. The van der Waals surface area contributed by atoms with Crippen molar-refractivity contribution in [3.05, 3.63) is 18.1 Å². The van der Waals surface area contributed by atoms with Crippen LogP contribution in [0.1, 0.15) is 12.1 Å². The van der Waals surface area contributed by atoms with Crippen LogP contribution in [-0.2, 0) is 4.79 Å². The Balaban J connectivity index is 1.77. The molecule has 0 unspecified atom stereocenters. The Bertz CT molecular complexity index is 645. The Hall–Kier alpha value is -2.22. The van der Waals surface area contributed by atoms with Gasteiger partial charge in [-0.15, -0.1) is 0 Å². The van der Waals surface area contributed by atoms with Crippen molar-refractivity contribution >= 4 is 17.5 Å². The van der Waals surface area contributed by atoms with Crippen molar-refractivity contribution in [1.29, 1.82) is 0 Å². The fraction of sp³-hybridized carbons (Fsp3) is 0.538. The highest BCUT2D eigenvalue weighted by atomic mass is 16.2. The molecule has 0 spiro atoms. The van der Waals surface area contributed by atoms with Gasteiger partial charge in [0, 0.05) is 50.9 Å². The van der Waals surface area contributed by atoms with E-state index in [4.69, 9.17) is 5.73 Å². The molecule has 0 aliphatic carbocycles. The summed E-state index contributed by atoms with van der Waals surface area (Å²) >= 11 is 0. The minimum Gasteiger partial charge on any atom is -0.353 e. The van der Waals surface area contributed by atoms with Gasteiger partial charge in [0.2, 0.25) is 5.91 Å². The zero-order valence-electron chi connectivity index (χ0n) is 12.1. The van der Waals surface area contributed by atoms with Gasteiger partial charge in [-0.2, -0.15) is 14.6 Å². The predicted octanol–water partition coefficient (Wildman–Crippen LogP) is -0.570. The normalized spacial score (nSPS) is 15.7. The molecular formula is C13H19N7O. The van der Waals surface area contributed by atoms with Crippen LogP contribution in [-0.4, -0.2) is 63.1 Å². The van der Waals surface area contributed by atoms with Crippen molar-refractivity contribution in [1.82, 2.24) is 24.5 Å². The summed E-state index contributed by atoms with van der Waals surface area (Å²) in [7, 11) is 0. The zero-order valence-corrected chi connectivity index (χ0v) is 12.1. The summed E-state index contributed by atoms with van der Waals surface area (Å²) in [6.07, 6.45) is 1.92. The van der Waals surface area contributed by atoms with Gasteiger partial charge in [-0.05, 0) is 6.92 Å². The highest BCUT2D eigenvalue weighted by molar-refractivity contribution is 5.76. The molecule has 2 aromatic rings. The molecule has 1 amide bonds. The van der Waals surface area contributed by atoms with Gasteiger partial charge in [-0.1, -0.05) is 0 Å².